The van der Waals surface area contributed by atoms with Crippen LogP contribution in [-0.2, 0) is 4.79 Å². The summed E-state index contributed by atoms with van der Waals surface area (Å²) in [5.41, 5.74) is 6.52. The molecular formula is C13H19FN2O. The van der Waals surface area contributed by atoms with Crippen molar-refractivity contribution in [3.63, 3.8) is 0 Å². The third-order valence-corrected chi connectivity index (χ3v) is 2.82. The third-order valence-electron chi connectivity index (χ3n) is 2.82. The smallest absolute Gasteiger partial charge is 0.228 e. The van der Waals surface area contributed by atoms with E-state index in [2.05, 4.69) is 5.32 Å². The van der Waals surface area contributed by atoms with Gasteiger partial charge in [-0.05, 0) is 25.5 Å². The Balaban J connectivity index is 2.76. The predicted molar refractivity (Wildman–Crippen MR) is 67.2 cm³/mol. The number of nitrogens with one attached hydrogen (secondary N) is 1. The van der Waals surface area contributed by atoms with E-state index in [1.165, 1.54) is 6.07 Å². The average Bonchev–Trinajstić information content (AvgIpc) is 2.31. The Labute approximate surface area is 101 Å². The molecule has 0 fully saturated rings. The SMILES string of the molecule is CCCC(CN)C(=O)Nc1cccc(F)c1C. The summed E-state index contributed by atoms with van der Waals surface area (Å²) in [6.07, 6.45) is 1.65. The van der Waals surface area contributed by atoms with Crippen molar-refractivity contribution < 1.29 is 9.18 Å². The number of anilines is 1. The van der Waals surface area contributed by atoms with Gasteiger partial charge in [0.05, 0.1) is 5.92 Å². The number of carbonyl (C=O) groups is 1. The first-order valence-corrected chi connectivity index (χ1v) is 5.86. The highest BCUT2D eigenvalue weighted by Crippen LogP contribution is 2.18. The number of benzene rings is 1. The van der Waals surface area contributed by atoms with Gasteiger partial charge >= 0.3 is 0 Å². The summed E-state index contributed by atoms with van der Waals surface area (Å²) >= 11 is 0. The van der Waals surface area contributed by atoms with Gasteiger partial charge in [-0.25, -0.2) is 4.39 Å². The topological polar surface area (TPSA) is 55.1 Å². The zero-order valence-corrected chi connectivity index (χ0v) is 10.3. The molecule has 94 valence electrons. The van der Waals surface area contributed by atoms with Gasteiger partial charge in [-0.3, -0.25) is 4.79 Å². The highest BCUT2D eigenvalue weighted by Gasteiger charge is 2.16. The maximum absolute atomic E-state index is 13.3. The highest BCUT2D eigenvalue weighted by molar-refractivity contribution is 5.93. The second kappa shape index (κ2) is 6.35. The number of hydrogen-bond donors (Lipinski definition) is 2. The molecule has 1 aromatic rings. The lowest BCUT2D eigenvalue weighted by molar-refractivity contribution is -0.119. The van der Waals surface area contributed by atoms with Crippen molar-refractivity contribution in [2.75, 3.05) is 11.9 Å². The highest BCUT2D eigenvalue weighted by atomic mass is 19.1. The summed E-state index contributed by atoms with van der Waals surface area (Å²) in [7, 11) is 0. The molecule has 0 aliphatic rings. The standard InChI is InChI=1S/C13H19FN2O/c1-3-5-10(8-15)13(17)16-12-7-4-6-11(14)9(12)2/h4,6-7,10H,3,5,8,15H2,1-2H3,(H,16,17). The van der Waals surface area contributed by atoms with Crippen LogP contribution in [0.15, 0.2) is 18.2 Å². The van der Waals surface area contributed by atoms with Crippen molar-refractivity contribution >= 4 is 11.6 Å². The number of carbonyl (C=O) groups excluding carboxylic acids is 1. The summed E-state index contributed by atoms with van der Waals surface area (Å²) in [6.45, 7) is 3.96. The van der Waals surface area contributed by atoms with Gasteiger partial charge in [0, 0.05) is 17.8 Å². The first-order valence-electron chi connectivity index (χ1n) is 5.86. The van der Waals surface area contributed by atoms with Crippen LogP contribution in [-0.4, -0.2) is 12.5 Å². The first kappa shape index (κ1) is 13.6. The Bertz CT molecular complexity index is 393. The molecule has 0 spiro atoms. The van der Waals surface area contributed by atoms with Crippen molar-refractivity contribution in [2.45, 2.75) is 26.7 Å². The summed E-state index contributed by atoms with van der Waals surface area (Å²) in [4.78, 5) is 11.9. The fraction of sp³-hybridized carbons (Fsp3) is 0.462. The van der Waals surface area contributed by atoms with Gasteiger partial charge in [-0.15, -0.1) is 0 Å². The number of hydrogen-bond acceptors (Lipinski definition) is 2. The van der Waals surface area contributed by atoms with E-state index in [4.69, 9.17) is 5.73 Å². The summed E-state index contributed by atoms with van der Waals surface area (Å²) in [6, 6.07) is 4.64. The molecule has 0 heterocycles. The van der Waals surface area contributed by atoms with Gasteiger partial charge < -0.3 is 11.1 Å². The lowest BCUT2D eigenvalue weighted by Gasteiger charge is -2.15. The predicted octanol–water partition coefficient (Wildman–Crippen LogP) is 2.45. The Morgan fingerprint density at radius 1 is 1.53 bits per heavy atom. The number of amides is 1. The molecule has 17 heavy (non-hydrogen) atoms. The molecular weight excluding hydrogens is 219 g/mol. The molecule has 4 heteroatoms. The molecule has 0 aromatic heterocycles. The molecule has 0 saturated heterocycles. The lowest BCUT2D eigenvalue weighted by atomic mass is 10.0. The summed E-state index contributed by atoms with van der Waals surface area (Å²) in [5, 5.41) is 2.73. The maximum atomic E-state index is 13.3. The number of halogens is 1. The average molecular weight is 238 g/mol. The lowest BCUT2D eigenvalue weighted by Crippen LogP contribution is -2.29. The summed E-state index contributed by atoms with van der Waals surface area (Å²) in [5.74, 6) is -0.659. The Morgan fingerprint density at radius 3 is 2.82 bits per heavy atom. The van der Waals surface area contributed by atoms with Crippen molar-refractivity contribution in [3.05, 3.63) is 29.6 Å². The minimum Gasteiger partial charge on any atom is -0.330 e. The summed E-state index contributed by atoms with van der Waals surface area (Å²) < 4.78 is 13.3. The van der Waals surface area contributed by atoms with Crippen molar-refractivity contribution in [1.29, 1.82) is 0 Å². The monoisotopic (exact) mass is 238 g/mol. The molecule has 1 aromatic carbocycles. The molecule has 1 rings (SSSR count). The van der Waals surface area contributed by atoms with Crippen molar-refractivity contribution in [3.8, 4) is 0 Å². The Kier molecular flexibility index (Phi) is 5.10. The second-order valence-electron chi connectivity index (χ2n) is 4.12. The van der Waals surface area contributed by atoms with Crippen LogP contribution < -0.4 is 11.1 Å². The maximum Gasteiger partial charge on any atom is 0.228 e. The molecule has 3 nitrogen and oxygen atoms in total. The normalized spacial score (nSPS) is 12.2. The quantitative estimate of drug-likeness (QED) is 0.827. The van der Waals surface area contributed by atoms with Crippen molar-refractivity contribution in [1.82, 2.24) is 0 Å². The molecule has 0 radical (unpaired) electrons. The molecule has 3 N–H and O–H groups in total. The van der Waals surface area contributed by atoms with E-state index < -0.39 is 0 Å². The van der Waals surface area contributed by atoms with E-state index in [0.717, 1.165) is 12.8 Å². The minimum atomic E-state index is -0.317. The van der Waals surface area contributed by atoms with Crippen LogP contribution in [0.4, 0.5) is 10.1 Å². The Morgan fingerprint density at radius 2 is 2.24 bits per heavy atom. The van der Waals surface area contributed by atoms with Crippen LogP contribution in [0.2, 0.25) is 0 Å². The molecule has 1 atom stereocenters. The first-order chi connectivity index (χ1) is 8.10. The van der Waals surface area contributed by atoms with E-state index in [-0.39, 0.29) is 17.6 Å². The van der Waals surface area contributed by atoms with E-state index in [1.54, 1.807) is 19.1 Å². The van der Waals surface area contributed by atoms with Gasteiger partial charge in [0.15, 0.2) is 0 Å². The largest absolute Gasteiger partial charge is 0.330 e. The van der Waals surface area contributed by atoms with Crippen LogP contribution in [0.5, 0.6) is 0 Å². The van der Waals surface area contributed by atoms with E-state index in [1.807, 2.05) is 6.92 Å². The fourth-order valence-electron chi connectivity index (χ4n) is 1.68. The fourth-order valence-corrected chi connectivity index (χ4v) is 1.68. The zero-order valence-electron chi connectivity index (χ0n) is 10.3. The van der Waals surface area contributed by atoms with Gasteiger partial charge in [-0.2, -0.15) is 0 Å². The van der Waals surface area contributed by atoms with Crippen LogP contribution in [0, 0.1) is 18.7 Å². The van der Waals surface area contributed by atoms with Gasteiger partial charge in [0.25, 0.3) is 0 Å². The molecule has 0 saturated carbocycles. The van der Waals surface area contributed by atoms with E-state index >= 15 is 0 Å². The zero-order chi connectivity index (χ0) is 12.8. The molecule has 0 bridgehead atoms. The van der Waals surface area contributed by atoms with Crippen molar-refractivity contribution in [2.24, 2.45) is 11.7 Å². The molecule has 0 aliphatic heterocycles. The van der Waals surface area contributed by atoms with Crippen LogP contribution in [0.1, 0.15) is 25.3 Å². The van der Waals surface area contributed by atoms with Crippen LogP contribution in [0.25, 0.3) is 0 Å². The number of rotatable bonds is 5. The second-order valence-corrected chi connectivity index (χ2v) is 4.12. The molecule has 1 amide bonds. The third kappa shape index (κ3) is 3.53. The molecule has 1 unspecified atom stereocenters. The van der Waals surface area contributed by atoms with E-state index in [9.17, 15) is 9.18 Å². The van der Waals surface area contributed by atoms with Crippen LogP contribution in [0.3, 0.4) is 0 Å². The minimum absolute atomic E-state index is 0.136. The van der Waals surface area contributed by atoms with E-state index in [0.29, 0.717) is 17.8 Å². The van der Waals surface area contributed by atoms with Gasteiger partial charge in [-0.1, -0.05) is 19.4 Å². The van der Waals surface area contributed by atoms with Gasteiger partial charge in [0.1, 0.15) is 5.82 Å². The van der Waals surface area contributed by atoms with Crippen LogP contribution >= 0.6 is 0 Å². The van der Waals surface area contributed by atoms with Gasteiger partial charge in [0.2, 0.25) is 5.91 Å². The molecule has 0 aliphatic carbocycles. The Hall–Kier alpha value is -1.42. The number of nitrogens with two attached hydrogens (primary N) is 1.